The molecule has 0 fully saturated rings. The number of amides is 1. The van der Waals surface area contributed by atoms with Gasteiger partial charge in [-0.2, -0.15) is 5.10 Å². The van der Waals surface area contributed by atoms with Gasteiger partial charge in [0, 0.05) is 12.6 Å². The maximum atomic E-state index is 12.1. The van der Waals surface area contributed by atoms with Crippen LogP contribution in [0, 0.1) is 11.7 Å². The monoisotopic (exact) mass is 276 g/mol. The molecule has 0 saturated heterocycles. The highest BCUT2D eigenvalue weighted by molar-refractivity contribution is 7.71. The summed E-state index contributed by atoms with van der Waals surface area (Å²) in [6, 6.07) is 7.22. The molecular weight excluding hydrogens is 260 g/mol. The van der Waals surface area contributed by atoms with E-state index in [1.807, 2.05) is 33.0 Å². The molecule has 0 radical (unpaired) electrons. The van der Waals surface area contributed by atoms with Crippen LogP contribution < -0.4 is 5.32 Å². The van der Waals surface area contributed by atoms with Crippen molar-refractivity contribution in [3.8, 4) is 0 Å². The number of benzene rings is 1. The first-order valence-corrected chi connectivity index (χ1v) is 6.38. The summed E-state index contributed by atoms with van der Waals surface area (Å²) in [7, 11) is 1.82. The van der Waals surface area contributed by atoms with Crippen LogP contribution in [0.4, 0.5) is 0 Å². The molecule has 5 nitrogen and oxygen atoms in total. The van der Waals surface area contributed by atoms with E-state index in [0.717, 1.165) is 5.56 Å². The lowest BCUT2D eigenvalue weighted by Gasteiger charge is -2.13. The number of aromatic amines is 1. The highest BCUT2D eigenvalue weighted by atomic mass is 32.1. The van der Waals surface area contributed by atoms with Gasteiger partial charge in [0.1, 0.15) is 0 Å². The van der Waals surface area contributed by atoms with Crippen LogP contribution in [-0.2, 0) is 7.05 Å². The molecule has 100 valence electrons. The minimum Gasteiger partial charge on any atom is -0.342 e. The number of rotatable bonds is 3. The van der Waals surface area contributed by atoms with Crippen LogP contribution in [-0.4, -0.2) is 20.7 Å². The number of nitrogens with one attached hydrogen (secondary N) is 2. The third-order valence-corrected chi connectivity index (χ3v) is 3.33. The Morgan fingerprint density at radius 1 is 1.42 bits per heavy atom. The summed E-state index contributed by atoms with van der Waals surface area (Å²) < 4.78 is 2.28. The van der Waals surface area contributed by atoms with Gasteiger partial charge in [-0.05, 0) is 38.2 Å². The Hall–Kier alpha value is -1.95. The van der Waals surface area contributed by atoms with Gasteiger partial charge in [-0.1, -0.05) is 17.7 Å². The molecular formula is C13H16N4OS. The molecule has 0 spiro atoms. The molecule has 0 saturated carbocycles. The fraction of sp³-hybridized carbons (Fsp3) is 0.308. The van der Waals surface area contributed by atoms with Gasteiger partial charge >= 0.3 is 0 Å². The van der Waals surface area contributed by atoms with Crippen molar-refractivity contribution in [2.45, 2.75) is 19.9 Å². The van der Waals surface area contributed by atoms with Gasteiger partial charge < -0.3 is 9.88 Å². The van der Waals surface area contributed by atoms with Crippen LogP contribution in [0.3, 0.4) is 0 Å². The number of carbonyl (C=O) groups excluding carboxylic acids is 1. The smallest absolute Gasteiger partial charge is 0.251 e. The van der Waals surface area contributed by atoms with Gasteiger partial charge in [0.2, 0.25) is 0 Å². The maximum Gasteiger partial charge on any atom is 0.251 e. The Kier molecular flexibility index (Phi) is 3.80. The first-order chi connectivity index (χ1) is 8.99. The van der Waals surface area contributed by atoms with E-state index in [9.17, 15) is 4.79 Å². The zero-order valence-corrected chi connectivity index (χ0v) is 11.9. The summed E-state index contributed by atoms with van der Waals surface area (Å²) in [5.41, 5.74) is 1.76. The second kappa shape index (κ2) is 5.36. The van der Waals surface area contributed by atoms with Crippen LogP contribution in [0.15, 0.2) is 24.3 Å². The summed E-state index contributed by atoms with van der Waals surface area (Å²) in [6.45, 7) is 3.86. The van der Waals surface area contributed by atoms with Crippen molar-refractivity contribution >= 4 is 18.1 Å². The van der Waals surface area contributed by atoms with Crippen molar-refractivity contribution in [3.05, 3.63) is 46.0 Å². The summed E-state index contributed by atoms with van der Waals surface area (Å²) in [5, 5.41) is 9.71. The second-order valence-electron chi connectivity index (χ2n) is 4.51. The van der Waals surface area contributed by atoms with E-state index in [4.69, 9.17) is 12.2 Å². The number of H-pyrrole nitrogens is 1. The molecule has 0 aliphatic rings. The van der Waals surface area contributed by atoms with Crippen molar-refractivity contribution < 1.29 is 4.79 Å². The van der Waals surface area contributed by atoms with Crippen LogP contribution in [0.1, 0.15) is 34.7 Å². The summed E-state index contributed by atoms with van der Waals surface area (Å²) >= 11 is 5.05. The van der Waals surface area contributed by atoms with Gasteiger partial charge in [-0.15, -0.1) is 0 Å². The van der Waals surface area contributed by atoms with Crippen molar-refractivity contribution in [2.24, 2.45) is 7.05 Å². The normalized spacial score (nSPS) is 12.2. The van der Waals surface area contributed by atoms with Gasteiger partial charge in [0.05, 0.1) is 6.04 Å². The van der Waals surface area contributed by atoms with E-state index in [-0.39, 0.29) is 11.9 Å². The standard InChI is InChI=1S/C13H16N4OS/c1-8-4-6-10(7-5-8)12(18)14-9(2)11-15-16-13(19)17(11)3/h4-7,9H,1-3H3,(H,14,18)(H,16,19)/t9-/m1/s1. The first kappa shape index (κ1) is 13.5. The predicted octanol–water partition coefficient (Wildman–Crippen LogP) is 2.28. The van der Waals surface area contributed by atoms with Crippen molar-refractivity contribution in [1.82, 2.24) is 20.1 Å². The molecule has 2 rings (SSSR count). The Morgan fingerprint density at radius 2 is 2.05 bits per heavy atom. The molecule has 1 atom stereocenters. The Morgan fingerprint density at radius 3 is 2.58 bits per heavy atom. The largest absolute Gasteiger partial charge is 0.342 e. The topological polar surface area (TPSA) is 62.7 Å². The number of nitrogens with zero attached hydrogens (tertiary/aromatic N) is 2. The zero-order chi connectivity index (χ0) is 14.0. The third kappa shape index (κ3) is 2.90. The molecule has 2 N–H and O–H groups in total. The van der Waals surface area contributed by atoms with E-state index in [1.165, 1.54) is 0 Å². The van der Waals surface area contributed by atoms with E-state index >= 15 is 0 Å². The number of aromatic nitrogens is 3. The zero-order valence-electron chi connectivity index (χ0n) is 11.1. The molecule has 0 bridgehead atoms. The lowest BCUT2D eigenvalue weighted by molar-refractivity contribution is 0.0938. The molecule has 0 aliphatic carbocycles. The van der Waals surface area contributed by atoms with Gasteiger partial charge in [-0.25, -0.2) is 0 Å². The second-order valence-corrected chi connectivity index (χ2v) is 4.89. The molecule has 0 unspecified atom stereocenters. The van der Waals surface area contributed by atoms with Crippen LogP contribution in [0.5, 0.6) is 0 Å². The molecule has 1 aromatic heterocycles. The fourth-order valence-electron chi connectivity index (χ4n) is 1.80. The van der Waals surface area contributed by atoms with Gasteiger partial charge in [0.25, 0.3) is 5.91 Å². The summed E-state index contributed by atoms with van der Waals surface area (Å²) in [4.78, 5) is 12.1. The molecule has 6 heteroatoms. The quantitative estimate of drug-likeness (QED) is 0.845. The summed E-state index contributed by atoms with van der Waals surface area (Å²) in [5.74, 6) is 0.576. The number of hydrogen-bond donors (Lipinski definition) is 2. The minimum atomic E-state index is -0.216. The predicted molar refractivity (Wildman–Crippen MR) is 75.5 cm³/mol. The Balaban J connectivity index is 2.13. The molecule has 1 heterocycles. The van der Waals surface area contributed by atoms with Crippen molar-refractivity contribution in [1.29, 1.82) is 0 Å². The van der Waals surface area contributed by atoms with Crippen LogP contribution >= 0.6 is 12.2 Å². The fourth-order valence-corrected chi connectivity index (χ4v) is 1.94. The molecule has 1 aromatic carbocycles. The highest BCUT2D eigenvalue weighted by Gasteiger charge is 2.15. The third-order valence-electron chi connectivity index (χ3n) is 2.96. The Labute approximate surface area is 116 Å². The maximum absolute atomic E-state index is 12.1. The molecule has 19 heavy (non-hydrogen) atoms. The highest BCUT2D eigenvalue weighted by Crippen LogP contribution is 2.10. The van der Waals surface area contributed by atoms with Gasteiger partial charge in [0.15, 0.2) is 10.6 Å². The number of aryl methyl sites for hydroxylation is 1. The summed E-state index contributed by atoms with van der Waals surface area (Å²) in [6.07, 6.45) is 0. The van der Waals surface area contributed by atoms with E-state index in [1.54, 1.807) is 16.7 Å². The van der Waals surface area contributed by atoms with Crippen molar-refractivity contribution in [3.63, 3.8) is 0 Å². The van der Waals surface area contributed by atoms with Crippen LogP contribution in [0.25, 0.3) is 0 Å². The van der Waals surface area contributed by atoms with Crippen LogP contribution in [0.2, 0.25) is 0 Å². The minimum absolute atomic E-state index is 0.124. The number of hydrogen-bond acceptors (Lipinski definition) is 3. The van der Waals surface area contributed by atoms with Crippen molar-refractivity contribution in [2.75, 3.05) is 0 Å². The van der Waals surface area contributed by atoms with E-state index in [0.29, 0.717) is 16.2 Å². The first-order valence-electron chi connectivity index (χ1n) is 5.98. The lowest BCUT2D eigenvalue weighted by Crippen LogP contribution is -2.28. The molecule has 2 aromatic rings. The van der Waals surface area contributed by atoms with Gasteiger partial charge in [-0.3, -0.25) is 9.89 Å². The van der Waals surface area contributed by atoms with E-state index in [2.05, 4.69) is 15.5 Å². The lowest BCUT2D eigenvalue weighted by atomic mass is 10.1. The van der Waals surface area contributed by atoms with E-state index < -0.39 is 0 Å². The molecule has 1 amide bonds. The SMILES string of the molecule is Cc1ccc(C(=O)N[C@H](C)c2n[nH]c(=S)n2C)cc1. The average Bonchev–Trinajstić information content (AvgIpc) is 2.70. The number of carbonyl (C=O) groups is 1. The molecule has 0 aliphatic heterocycles. The average molecular weight is 276 g/mol. The Bertz CT molecular complexity index is 641.